The summed E-state index contributed by atoms with van der Waals surface area (Å²) >= 11 is 3.38. The van der Waals surface area contributed by atoms with Gasteiger partial charge in [-0.05, 0) is 28.4 Å². The molecule has 2 N–H and O–H groups in total. The fraction of sp³-hybridized carbons (Fsp3) is 0.333. The molecule has 3 rings (SSSR count). The minimum atomic E-state index is 0.0722. The summed E-state index contributed by atoms with van der Waals surface area (Å²) < 4.78 is 3.06. The second-order valence-corrected chi connectivity index (χ2v) is 4.43. The standard InChI is InChI=1S/C9H9BrN4/c10-5-3-7-9(12-4-5)14-2-1-6(11)8(14)13-7/h3-4,6H,1-2,11H2. The summed E-state index contributed by atoms with van der Waals surface area (Å²) in [6.07, 6.45) is 2.76. The van der Waals surface area contributed by atoms with Crippen molar-refractivity contribution in [1.82, 2.24) is 14.5 Å². The maximum atomic E-state index is 5.93. The molecule has 4 nitrogen and oxygen atoms in total. The molecule has 72 valence electrons. The molecule has 2 aromatic heterocycles. The Bertz CT molecular complexity index is 505. The van der Waals surface area contributed by atoms with Gasteiger partial charge >= 0.3 is 0 Å². The molecule has 0 aromatic carbocycles. The van der Waals surface area contributed by atoms with Gasteiger partial charge in [0, 0.05) is 17.2 Å². The minimum Gasteiger partial charge on any atom is -0.321 e. The second-order valence-electron chi connectivity index (χ2n) is 3.51. The van der Waals surface area contributed by atoms with Gasteiger partial charge in [-0.2, -0.15) is 0 Å². The van der Waals surface area contributed by atoms with Crippen LogP contribution in [0.1, 0.15) is 18.3 Å². The number of rotatable bonds is 0. The van der Waals surface area contributed by atoms with Crippen molar-refractivity contribution in [3.8, 4) is 0 Å². The first-order chi connectivity index (χ1) is 6.75. The summed E-state index contributed by atoms with van der Waals surface area (Å²) in [6.45, 7) is 0.932. The average Bonchev–Trinajstić information content (AvgIpc) is 2.66. The van der Waals surface area contributed by atoms with Crippen LogP contribution in [0.4, 0.5) is 0 Å². The topological polar surface area (TPSA) is 56.7 Å². The van der Waals surface area contributed by atoms with E-state index in [1.165, 1.54) is 0 Å². The molecule has 0 bridgehead atoms. The van der Waals surface area contributed by atoms with Gasteiger partial charge in [-0.15, -0.1) is 0 Å². The number of aromatic nitrogens is 3. The first-order valence-corrected chi connectivity index (χ1v) is 5.32. The third-order valence-electron chi connectivity index (χ3n) is 2.58. The molecule has 0 saturated carbocycles. The number of nitrogens with two attached hydrogens (primary N) is 1. The minimum absolute atomic E-state index is 0.0722. The van der Waals surface area contributed by atoms with Crippen LogP contribution in [0.25, 0.3) is 11.2 Å². The SMILES string of the molecule is NC1CCn2c1nc1cc(Br)cnc12. The van der Waals surface area contributed by atoms with Gasteiger partial charge in [-0.25, -0.2) is 9.97 Å². The van der Waals surface area contributed by atoms with Crippen molar-refractivity contribution in [2.45, 2.75) is 19.0 Å². The summed E-state index contributed by atoms with van der Waals surface area (Å²) in [5.74, 6) is 0.964. The predicted octanol–water partition coefficient (Wildman–Crippen LogP) is 1.60. The van der Waals surface area contributed by atoms with E-state index in [4.69, 9.17) is 5.73 Å². The van der Waals surface area contributed by atoms with Crippen LogP contribution in [0.3, 0.4) is 0 Å². The Hall–Kier alpha value is -0.940. The van der Waals surface area contributed by atoms with E-state index in [0.717, 1.165) is 34.4 Å². The normalized spacial score (nSPS) is 20.3. The van der Waals surface area contributed by atoms with Crippen LogP contribution in [0, 0.1) is 0 Å². The molecule has 3 heterocycles. The van der Waals surface area contributed by atoms with Gasteiger partial charge < -0.3 is 10.3 Å². The van der Waals surface area contributed by atoms with Crippen molar-refractivity contribution in [2.75, 3.05) is 0 Å². The second kappa shape index (κ2) is 2.77. The number of nitrogens with zero attached hydrogens (tertiary/aromatic N) is 3. The average molecular weight is 253 g/mol. The zero-order chi connectivity index (χ0) is 9.71. The van der Waals surface area contributed by atoms with Gasteiger partial charge in [0.25, 0.3) is 0 Å². The molecule has 14 heavy (non-hydrogen) atoms. The van der Waals surface area contributed by atoms with E-state index in [0.29, 0.717) is 0 Å². The van der Waals surface area contributed by atoms with Crippen molar-refractivity contribution >= 4 is 27.1 Å². The molecule has 1 aliphatic rings. The summed E-state index contributed by atoms with van der Waals surface area (Å²) in [6, 6.07) is 2.04. The van der Waals surface area contributed by atoms with Gasteiger partial charge in [-0.1, -0.05) is 0 Å². The van der Waals surface area contributed by atoms with E-state index in [1.54, 1.807) is 6.20 Å². The van der Waals surface area contributed by atoms with Gasteiger partial charge in [0.1, 0.15) is 11.3 Å². The first-order valence-electron chi connectivity index (χ1n) is 4.53. The van der Waals surface area contributed by atoms with E-state index in [9.17, 15) is 0 Å². The Kier molecular flexibility index (Phi) is 1.66. The van der Waals surface area contributed by atoms with Gasteiger partial charge in [0.05, 0.1) is 6.04 Å². The number of imidazole rings is 1. The van der Waals surface area contributed by atoms with Gasteiger partial charge in [0.2, 0.25) is 0 Å². The van der Waals surface area contributed by atoms with E-state index >= 15 is 0 Å². The third kappa shape index (κ3) is 1.02. The first kappa shape index (κ1) is 8.38. The molecule has 5 heteroatoms. The Morgan fingerprint density at radius 3 is 3.29 bits per heavy atom. The molecule has 0 amide bonds. The Morgan fingerprint density at radius 1 is 1.57 bits per heavy atom. The maximum Gasteiger partial charge on any atom is 0.160 e. The van der Waals surface area contributed by atoms with Crippen molar-refractivity contribution in [3.63, 3.8) is 0 Å². The molecular weight excluding hydrogens is 244 g/mol. The monoisotopic (exact) mass is 252 g/mol. The molecule has 0 spiro atoms. The van der Waals surface area contributed by atoms with Crippen LogP contribution < -0.4 is 5.73 Å². The van der Waals surface area contributed by atoms with Crippen LogP contribution in [0.2, 0.25) is 0 Å². The quantitative estimate of drug-likeness (QED) is 0.775. The number of aryl methyl sites for hydroxylation is 1. The lowest BCUT2D eigenvalue weighted by Crippen LogP contribution is -2.06. The summed E-state index contributed by atoms with van der Waals surface area (Å²) in [5, 5.41) is 0. The zero-order valence-electron chi connectivity index (χ0n) is 7.44. The molecular formula is C9H9BrN4. The molecule has 0 fully saturated rings. The van der Waals surface area contributed by atoms with Crippen LogP contribution in [-0.2, 0) is 6.54 Å². The molecule has 2 aromatic rings. The number of hydrogen-bond donors (Lipinski definition) is 1. The van der Waals surface area contributed by atoms with Gasteiger partial charge in [-0.3, -0.25) is 0 Å². The molecule has 1 atom stereocenters. The predicted molar refractivity (Wildman–Crippen MR) is 56.8 cm³/mol. The van der Waals surface area contributed by atoms with Crippen molar-refractivity contribution in [2.24, 2.45) is 5.73 Å². The number of hydrogen-bond acceptors (Lipinski definition) is 3. The van der Waals surface area contributed by atoms with Crippen LogP contribution >= 0.6 is 15.9 Å². The molecule has 0 aliphatic carbocycles. The lowest BCUT2D eigenvalue weighted by Gasteiger charge is -1.96. The fourth-order valence-electron chi connectivity index (χ4n) is 1.90. The van der Waals surface area contributed by atoms with Crippen molar-refractivity contribution in [1.29, 1.82) is 0 Å². The maximum absolute atomic E-state index is 5.93. The van der Waals surface area contributed by atoms with E-state index in [2.05, 4.69) is 30.5 Å². The molecule has 0 radical (unpaired) electrons. The van der Waals surface area contributed by atoms with Crippen molar-refractivity contribution in [3.05, 3.63) is 22.6 Å². The number of fused-ring (bicyclic) bond motifs is 3. The van der Waals surface area contributed by atoms with Crippen LogP contribution in [0.15, 0.2) is 16.7 Å². The molecule has 1 aliphatic heterocycles. The van der Waals surface area contributed by atoms with Crippen LogP contribution in [0.5, 0.6) is 0 Å². The zero-order valence-corrected chi connectivity index (χ0v) is 9.03. The highest BCUT2D eigenvalue weighted by molar-refractivity contribution is 9.10. The number of pyridine rings is 1. The lowest BCUT2D eigenvalue weighted by atomic mass is 10.3. The Labute approximate surface area is 89.3 Å². The largest absolute Gasteiger partial charge is 0.321 e. The lowest BCUT2D eigenvalue weighted by molar-refractivity contribution is 0.684. The number of halogens is 1. The van der Waals surface area contributed by atoms with E-state index in [1.807, 2.05) is 6.07 Å². The highest BCUT2D eigenvalue weighted by Crippen LogP contribution is 2.27. The Balaban J connectivity index is 2.34. The Morgan fingerprint density at radius 2 is 2.43 bits per heavy atom. The highest BCUT2D eigenvalue weighted by atomic mass is 79.9. The highest BCUT2D eigenvalue weighted by Gasteiger charge is 2.23. The molecule has 0 saturated heterocycles. The van der Waals surface area contributed by atoms with Crippen LogP contribution in [-0.4, -0.2) is 14.5 Å². The fourth-order valence-corrected chi connectivity index (χ4v) is 2.22. The third-order valence-corrected chi connectivity index (χ3v) is 3.01. The van der Waals surface area contributed by atoms with Crippen molar-refractivity contribution < 1.29 is 0 Å². The van der Waals surface area contributed by atoms with Gasteiger partial charge in [0.15, 0.2) is 5.65 Å². The van der Waals surface area contributed by atoms with E-state index < -0.39 is 0 Å². The molecule has 1 unspecified atom stereocenters. The summed E-state index contributed by atoms with van der Waals surface area (Å²) in [4.78, 5) is 8.83. The summed E-state index contributed by atoms with van der Waals surface area (Å²) in [7, 11) is 0. The summed E-state index contributed by atoms with van der Waals surface area (Å²) in [5.41, 5.74) is 7.79. The van der Waals surface area contributed by atoms with E-state index in [-0.39, 0.29) is 6.04 Å². The smallest absolute Gasteiger partial charge is 0.160 e.